The van der Waals surface area contributed by atoms with E-state index in [0.717, 1.165) is 16.9 Å². The molecule has 8 heteroatoms. The largest absolute Gasteiger partial charge is 0.497 e. The Bertz CT molecular complexity index is 1260. The lowest BCUT2D eigenvalue weighted by Gasteiger charge is -2.18. The molecule has 3 aromatic carbocycles. The fraction of sp³-hybridized carbons (Fsp3) is 0.185. The van der Waals surface area contributed by atoms with Crippen LogP contribution in [-0.2, 0) is 11.4 Å². The predicted molar refractivity (Wildman–Crippen MR) is 139 cm³/mol. The number of carbonyl (C=O) groups is 1. The first kappa shape index (κ1) is 24.1. The molecule has 1 heterocycles. The molecule has 0 spiro atoms. The van der Waals surface area contributed by atoms with Gasteiger partial charge in [0.1, 0.15) is 35.3 Å². The summed E-state index contributed by atoms with van der Waals surface area (Å²) in [5.41, 5.74) is 2.61. The number of para-hydroxylation sites is 2. The smallest absolute Gasteiger partial charge is 0.281 e. The number of anilines is 1. The zero-order chi connectivity index (χ0) is 24.8. The van der Waals surface area contributed by atoms with E-state index in [0.29, 0.717) is 47.0 Å². The van der Waals surface area contributed by atoms with Crippen LogP contribution in [-0.4, -0.2) is 31.8 Å². The van der Waals surface area contributed by atoms with Crippen LogP contribution in [0, 0.1) is 0 Å². The zero-order valence-corrected chi connectivity index (χ0v) is 20.6. The van der Waals surface area contributed by atoms with Crippen molar-refractivity contribution in [3.05, 3.63) is 83.6 Å². The Hall–Kier alpha value is -4.04. The van der Waals surface area contributed by atoms with Crippen LogP contribution in [0.15, 0.2) is 72.4 Å². The molecular formula is C27H26N2O5S. The van der Waals surface area contributed by atoms with Gasteiger partial charge >= 0.3 is 0 Å². The summed E-state index contributed by atoms with van der Waals surface area (Å²) in [5.74, 6) is 2.49. The molecule has 180 valence electrons. The molecule has 0 atom stereocenters. The highest BCUT2D eigenvalue weighted by Gasteiger charge is 2.33. The SMILES string of the molecule is CCOc1ccccc1N1C(=O)/C(=C\c2ccc(OC)c(COc3ccc(OC)cc3)c2)NC1=S. The second kappa shape index (κ2) is 10.9. The molecule has 1 N–H and O–H groups in total. The third-order valence-corrected chi connectivity index (χ3v) is 5.64. The molecule has 7 nitrogen and oxygen atoms in total. The number of hydrogen-bond acceptors (Lipinski definition) is 6. The van der Waals surface area contributed by atoms with Gasteiger partial charge in [-0.1, -0.05) is 18.2 Å². The van der Waals surface area contributed by atoms with Crippen LogP contribution in [0.5, 0.6) is 23.0 Å². The lowest BCUT2D eigenvalue weighted by atomic mass is 10.1. The maximum absolute atomic E-state index is 13.2. The second-order valence-electron chi connectivity index (χ2n) is 7.56. The Balaban J connectivity index is 1.56. The van der Waals surface area contributed by atoms with Gasteiger partial charge in [-0.05, 0) is 79.3 Å². The average Bonchev–Trinajstić information content (AvgIpc) is 3.16. The first-order valence-electron chi connectivity index (χ1n) is 11.1. The van der Waals surface area contributed by atoms with E-state index in [9.17, 15) is 4.79 Å². The number of benzene rings is 3. The summed E-state index contributed by atoms with van der Waals surface area (Å²) in [6, 6.07) is 20.3. The second-order valence-corrected chi connectivity index (χ2v) is 7.95. The van der Waals surface area contributed by atoms with Crippen molar-refractivity contribution in [1.82, 2.24) is 5.32 Å². The van der Waals surface area contributed by atoms with Crippen LogP contribution < -0.4 is 29.2 Å². The van der Waals surface area contributed by atoms with Crippen LogP contribution in [0.4, 0.5) is 5.69 Å². The van der Waals surface area contributed by atoms with E-state index < -0.39 is 0 Å². The third kappa shape index (κ3) is 5.38. The number of carbonyl (C=O) groups excluding carboxylic acids is 1. The number of thiocarbonyl (C=S) groups is 1. The molecule has 0 aliphatic carbocycles. The molecule has 4 rings (SSSR count). The lowest BCUT2D eigenvalue weighted by Crippen LogP contribution is -2.30. The molecule has 0 bridgehead atoms. The van der Waals surface area contributed by atoms with Gasteiger partial charge in [0, 0.05) is 5.56 Å². The fourth-order valence-corrected chi connectivity index (χ4v) is 3.97. The van der Waals surface area contributed by atoms with E-state index in [1.165, 1.54) is 4.90 Å². The van der Waals surface area contributed by atoms with E-state index in [4.69, 9.17) is 31.2 Å². The number of methoxy groups -OCH3 is 2. The molecule has 1 amide bonds. The highest BCUT2D eigenvalue weighted by molar-refractivity contribution is 7.80. The van der Waals surface area contributed by atoms with Gasteiger partial charge in [0.05, 0.1) is 26.5 Å². The minimum atomic E-state index is -0.256. The quantitative estimate of drug-likeness (QED) is 0.336. The Morgan fingerprint density at radius 1 is 0.914 bits per heavy atom. The summed E-state index contributed by atoms with van der Waals surface area (Å²) in [7, 11) is 3.23. The number of rotatable bonds is 9. The zero-order valence-electron chi connectivity index (χ0n) is 19.7. The van der Waals surface area contributed by atoms with Crippen LogP contribution in [0.25, 0.3) is 6.08 Å². The molecule has 35 heavy (non-hydrogen) atoms. The summed E-state index contributed by atoms with van der Waals surface area (Å²) in [6.45, 7) is 2.67. The molecule has 1 saturated heterocycles. The average molecular weight is 491 g/mol. The number of ether oxygens (including phenoxy) is 4. The molecule has 1 fully saturated rings. The Morgan fingerprint density at radius 2 is 1.66 bits per heavy atom. The summed E-state index contributed by atoms with van der Waals surface area (Å²) in [4.78, 5) is 14.7. The van der Waals surface area contributed by atoms with Gasteiger partial charge in [0.25, 0.3) is 5.91 Å². The van der Waals surface area contributed by atoms with Crippen molar-refractivity contribution in [2.24, 2.45) is 0 Å². The van der Waals surface area contributed by atoms with Gasteiger partial charge < -0.3 is 24.3 Å². The topological polar surface area (TPSA) is 69.3 Å². The maximum atomic E-state index is 13.2. The Labute approximate surface area is 209 Å². The van der Waals surface area contributed by atoms with Gasteiger partial charge in [0.15, 0.2) is 5.11 Å². The number of nitrogens with zero attached hydrogens (tertiary/aromatic N) is 1. The first-order chi connectivity index (χ1) is 17.0. The minimum Gasteiger partial charge on any atom is -0.497 e. The molecular weight excluding hydrogens is 464 g/mol. The molecule has 3 aromatic rings. The van der Waals surface area contributed by atoms with Crippen molar-refractivity contribution in [2.75, 3.05) is 25.7 Å². The summed E-state index contributed by atoms with van der Waals surface area (Å²) < 4.78 is 22.3. The minimum absolute atomic E-state index is 0.256. The van der Waals surface area contributed by atoms with Crippen LogP contribution in [0.2, 0.25) is 0 Å². The monoisotopic (exact) mass is 490 g/mol. The highest BCUT2D eigenvalue weighted by Crippen LogP contribution is 2.32. The number of amides is 1. The van der Waals surface area contributed by atoms with Crippen LogP contribution in [0.1, 0.15) is 18.1 Å². The van der Waals surface area contributed by atoms with Gasteiger partial charge in [-0.3, -0.25) is 4.79 Å². The van der Waals surface area contributed by atoms with Crippen molar-refractivity contribution >= 4 is 35.0 Å². The van der Waals surface area contributed by atoms with Gasteiger partial charge in [-0.2, -0.15) is 0 Å². The fourth-order valence-electron chi connectivity index (χ4n) is 3.67. The molecule has 0 aromatic heterocycles. The van der Waals surface area contributed by atoms with Gasteiger partial charge in [0.2, 0.25) is 0 Å². The van der Waals surface area contributed by atoms with E-state index in [1.807, 2.05) is 73.7 Å². The third-order valence-electron chi connectivity index (χ3n) is 5.35. The molecule has 0 saturated carbocycles. The van der Waals surface area contributed by atoms with E-state index in [1.54, 1.807) is 20.3 Å². The Morgan fingerprint density at radius 3 is 2.37 bits per heavy atom. The van der Waals surface area contributed by atoms with E-state index >= 15 is 0 Å². The van der Waals surface area contributed by atoms with Crippen LogP contribution >= 0.6 is 12.2 Å². The predicted octanol–water partition coefficient (Wildman–Crippen LogP) is 4.94. The molecule has 0 radical (unpaired) electrons. The first-order valence-corrected chi connectivity index (χ1v) is 11.5. The summed E-state index contributed by atoms with van der Waals surface area (Å²) in [6.07, 6.45) is 1.76. The number of nitrogens with one attached hydrogen (secondary N) is 1. The van der Waals surface area contributed by atoms with E-state index in [-0.39, 0.29) is 5.91 Å². The van der Waals surface area contributed by atoms with Crippen molar-refractivity contribution in [3.63, 3.8) is 0 Å². The van der Waals surface area contributed by atoms with Crippen LogP contribution in [0.3, 0.4) is 0 Å². The summed E-state index contributed by atoms with van der Waals surface area (Å²) in [5, 5.41) is 3.32. The molecule has 0 unspecified atom stereocenters. The van der Waals surface area contributed by atoms with E-state index in [2.05, 4.69) is 5.32 Å². The van der Waals surface area contributed by atoms with Crippen molar-refractivity contribution in [1.29, 1.82) is 0 Å². The lowest BCUT2D eigenvalue weighted by molar-refractivity contribution is -0.113. The highest BCUT2D eigenvalue weighted by atomic mass is 32.1. The molecule has 1 aliphatic rings. The van der Waals surface area contributed by atoms with Crippen molar-refractivity contribution in [2.45, 2.75) is 13.5 Å². The standard InChI is InChI=1S/C27H26N2O5S/c1-4-33-25-8-6-5-7-23(25)29-26(30)22(28-27(29)35)16-18-9-14-24(32-3)19(15-18)17-34-21-12-10-20(31-2)11-13-21/h5-16H,4,17H2,1-3H3,(H,28,35)/b22-16+. The Kier molecular flexibility index (Phi) is 7.52. The molecule has 1 aliphatic heterocycles. The van der Waals surface area contributed by atoms with Gasteiger partial charge in [-0.25, -0.2) is 4.90 Å². The van der Waals surface area contributed by atoms with Crippen molar-refractivity contribution < 1.29 is 23.7 Å². The summed E-state index contributed by atoms with van der Waals surface area (Å²) >= 11 is 5.46. The van der Waals surface area contributed by atoms with Gasteiger partial charge in [-0.15, -0.1) is 0 Å². The normalized spacial score (nSPS) is 14.1. The maximum Gasteiger partial charge on any atom is 0.281 e. The number of hydrogen-bond donors (Lipinski definition) is 1. The van der Waals surface area contributed by atoms with Crippen molar-refractivity contribution in [3.8, 4) is 23.0 Å².